The van der Waals surface area contributed by atoms with Crippen molar-refractivity contribution in [2.75, 3.05) is 13.4 Å². The molecule has 0 fully saturated rings. The predicted molar refractivity (Wildman–Crippen MR) is 68.0 cm³/mol. The topological polar surface area (TPSA) is 22.1 Å². The summed E-state index contributed by atoms with van der Waals surface area (Å²) in [7, 11) is 1.67. The van der Waals surface area contributed by atoms with Crippen LogP contribution in [0.15, 0.2) is 47.5 Å². The van der Waals surface area contributed by atoms with Crippen LogP contribution < -0.4 is 4.74 Å². The monoisotopic (exact) mass is 231 g/mol. The Morgan fingerprint density at radius 2 is 2.06 bits per heavy atom. The zero-order valence-corrected chi connectivity index (χ0v) is 10.1. The van der Waals surface area contributed by atoms with Gasteiger partial charge in [0, 0.05) is 16.7 Å². The maximum Gasteiger partial charge on any atom is 0.119 e. The average Bonchev–Trinajstić information content (AvgIpc) is 2.38. The first-order valence-corrected chi connectivity index (χ1v) is 6.21. The van der Waals surface area contributed by atoms with Crippen molar-refractivity contribution < 1.29 is 4.74 Å². The molecule has 0 aliphatic carbocycles. The molecule has 0 spiro atoms. The molecule has 0 bridgehead atoms. The predicted octanol–water partition coefficient (Wildman–Crippen LogP) is 3.48. The summed E-state index contributed by atoms with van der Waals surface area (Å²) in [5, 5.41) is 0. The summed E-state index contributed by atoms with van der Waals surface area (Å²) in [5.74, 6) is 0.857. The van der Waals surface area contributed by atoms with E-state index in [0.717, 1.165) is 17.0 Å². The van der Waals surface area contributed by atoms with Crippen molar-refractivity contribution in [2.45, 2.75) is 4.90 Å². The van der Waals surface area contributed by atoms with Gasteiger partial charge in [-0.05, 0) is 30.5 Å². The molecule has 2 nitrogen and oxygen atoms in total. The Balaban J connectivity index is 2.49. The number of methoxy groups -OCH3 is 1. The minimum Gasteiger partial charge on any atom is -0.497 e. The fraction of sp³-hybridized carbons (Fsp3) is 0.154. The minimum absolute atomic E-state index is 0.857. The Hall–Kier alpha value is -1.48. The summed E-state index contributed by atoms with van der Waals surface area (Å²) in [6.45, 7) is 0. The lowest BCUT2D eigenvalue weighted by molar-refractivity contribution is 0.415. The standard InChI is InChI=1S/C13H13NOS/c1-15-11-6-3-5-10(9-11)13-12(16-2)7-4-8-14-13/h3-9H,1-2H3. The van der Waals surface area contributed by atoms with Crippen LogP contribution in [0.1, 0.15) is 0 Å². The van der Waals surface area contributed by atoms with Crippen LogP contribution in [-0.4, -0.2) is 18.3 Å². The van der Waals surface area contributed by atoms with Crippen LogP contribution in [0.4, 0.5) is 0 Å². The molecule has 2 aromatic rings. The summed E-state index contributed by atoms with van der Waals surface area (Å²) in [4.78, 5) is 5.60. The Morgan fingerprint density at radius 3 is 2.81 bits per heavy atom. The fourth-order valence-electron chi connectivity index (χ4n) is 1.54. The van der Waals surface area contributed by atoms with Crippen LogP contribution in [-0.2, 0) is 0 Å². The SMILES string of the molecule is COc1cccc(-c2ncccc2SC)c1. The van der Waals surface area contributed by atoms with Crippen LogP contribution in [0, 0.1) is 0 Å². The molecule has 0 radical (unpaired) electrons. The highest BCUT2D eigenvalue weighted by Crippen LogP contribution is 2.29. The number of benzene rings is 1. The summed E-state index contributed by atoms with van der Waals surface area (Å²) < 4.78 is 5.22. The first-order chi connectivity index (χ1) is 7.85. The summed E-state index contributed by atoms with van der Waals surface area (Å²) in [6.07, 6.45) is 3.87. The van der Waals surface area contributed by atoms with E-state index in [0.29, 0.717) is 0 Å². The first kappa shape index (κ1) is 11.0. The second-order valence-electron chi connectivity index (χ2n) is 3.29. The average molecular weight is 231 g/mol. The maximum atomic E-state index is 5.22. The molecule has 0 N–H and O–H groups in total. The number of nitrogens with zero attached hydrogens (tertiary/aromatic N) is 1. The van der Waals surface area contributed by atoms with E-state index >= 15 is 0 Å². The molecule has 0 aliphatic rings. The summed E-state index contributed by atoms with van der Waals surface area (Å²) in [6, 6.07) is 12.0. The minimum atomic E-state index is 0.857. The van der Waals surface area contributed by atoms with E-state index in [-0.39, 0.29) is 0 Å². The number of hydrogen-bond acceptors (Lipinski definition) is 3. The number of aromatic nitrogens is 1. The lowest BCUT2D eigenvalue weighted by Gasteiger charge is -2.07. The molecule has 82 valence electrons. The number of hydrogen-bond donors (Lipinski definition) is 0. The van der Waals surface area contributed by atoms with E-state index in [1.807, 2.05) is 36.5 Å². The fourth-order valence-corrected chi connectivity index (χ4v) is 2.12. The molecule has 16 heavy (non-hydrogen) atoms. The van der Waals surface area contributed by atoms with Gasteiger partial charge in [0.2, 0.25) is 0 Å². The maximum absolute atomic E-state index is 5.22. The highest BCUT2D eigenvalue weighted by Gasteiger charge is 2.05. The van der Waals surface area contributed by atoms with E-state index in [1.54, 1.807) is 18.9 Å². The molecule has 1 heterocycles. The van der Waals surface area contributed by atoms with Crippen molar-refractivity contribution in [3.05, 3.63) is 42.6 Å². The number of thioether (sulfide) groups is 1. The van der Waals surface area contributed by atoms with Gasteiger partial charge >= 0.3 is 0 Å². The van der Waals surface area contributed by atoms with Crippen LogP contribution in [0.25, 0.3) is 11.3 Å². The summed E-state index contributed by atoms with van der Waals surface area (Å²) in [5.41, 5.74) is 2.10. The molecule has 0 amide bonds. The highest BCUT2D eigenvalue weighted by molar-refractivity contribution is 7.98. The van der Waals surface area contributed by atoms with Gasteiger partial charge in [-0.2, -0.15) is 0 Å². The molecule has 0 atom stereocenters. The van der Waals surface area contributed by atoms with Gasteiger partial charge in [0.05, 0.1) is 12.8 Å². The second-order valence-corrected chi connectivity index (χ2v) is 4.13. The largest absolute Gasteiger partial charge is 0.497 e. The highest BCUT2D eigenvalue weighted by atomic mass is 32.2. The number of pyridine rings is 1. The van der Waals surface area contributed by atoms with Crippen LogP contribution >= 0.6 is 11.8 Å². The zero-order valence-electron chi connectivity index (χ0n) is 9.31. The molecule has 0 saturated heterocycles. The van der Waals surface area contributed by atoms with Crippen LogP contribution in [0.2, 0.25) is 0 Å². The van der Waals surface area contributed by atoms with Gasteiger partial charge in [-0.3, -0.25) is 4.98 Å². The van der Waals surface area contributed by atoms with E-state index < -0.39 is 0 Å². The van der Waals surface area contributed by atoms with Crippen molar-refractivity contribution in [3.63, 3.8) is 0 Å². The van der Waals surface area contributed by atoms with E-state index in [1.165, 1.54) is 4.90 Å². The van der Waals surface area contributed by atoms with E-state index in [9.17, 15) is 0 Å². The molecule has 2 rings (SSSR count). The second kappa shape index (κ2) is 5.03. The Morgan fingerprint density at radius 1 is 1.19 bits per heavy atom. The molecule has 0 saturated carbocycles. The van der Waals surface area contributed by atoms with Crippen LogP contribution in [0.5, 0.6) is 5.75 Å². The zero-order chi connectivity index (χ0) is 11.4. The van der Waals surface area contributed by atoms with Crippen LogP contribution in [0.3, 0.4) is 0 Å². The third-order valence-corrected chi connectivity index (χ3v) is 3.10. The quantitative estimate of drug-likeness (QED) is 0.755. The van der Waals surface area contributed by atoms with Gasteiger partial charge in [-0.15, -0.1) is 11.8 Å². The lowest BCUT2D eigenvalue weighted by Crippen LogP contribution is -1.88. The van der Waals surface area contributed by atoms with Crippen molar-refractivity contribution in [1.29, 1.82) is 0 Å². The normalized spacial score (nSPS) is 10.1. The van der Waals surface area contributed by atoms with E-state index in [4.69, 9.17) is 4.74 Å². The van der Waals surface area contributed by atoms with Gasteiger partial charge in [0.25, 0.3) is 0 Å². The van der Waals surface area contributed by atoms with Gasteiger partial charge in [-0.25, -0.2) is 0 Å². The Kier molecular flexibility index (Phi) is 3.47. The molecule has 1 aromatic heterocycles. The lowest BCUT2D eigenvalue weighted by atomic mass is 10.1. The molecule has 0 unspecified atom stereocenters. The molecule has 1 aromatic carbocycles. The number of rotatable bonds is 3. The third kappa shape index (κ3) is 2.19. The first-order valence-electron chi connectivity index (χ1n) is 4.98. The van der Waals surface area contributed by atoms with Crippen molar-refractivity contribution in [3.8, 4) is 17.0 Å². The molecular weight excluding hydrogens is 218 g/mol. The van der Waals surface area contributed by atoms with Crippen molar-refractivity contribution >= 4 is 11.8 Å². The van der Waals surface area contributed by atoms with E-state index in [2.05, 4.69) is 17.3 Å². The Labute approximate surface area is 99.7 Å². The van der Waals surface area contributed by atoms with Gasteiger partial charge in [-0.1, -0.05) is 12.1 Å². The molecule has 0 aliphatic heterocycles. The molecular formula is C13H13NOS. The van der Waals surface area contributed by atoms with Gasteiger partial charge < -0.3 is 4.74 Å². The smallest absolute Gasteiger partial charge is 0.119 e. The summed E-state index contributed by atoms with van der Waals surface area (Å²) >= 11 is 1.70. The number of ether oxygens (including phenoxy) is 1. The Bertz CT molecular complexity index is 485. The van der Waals surface area contributed by atoms with Gasteiger partial charge in [0.15, 0.2) is 0 Å². The van der Waals surface area contributed by atoms with Crippen molar-refractivity contribution in [1.82, 2.24) is 4.98 Å². The third-order valence-electron chi connectivity index (χ3n) is 2.33. The van der Waals surface area contributed by atoms with Crippen molar-refractivity contribution in [2.24, 2.45) is 0 Å². The van der Waals surface area contributed by atoms with Gasteiger partial charge in [0.1, 0.15) is 5.75 Å². The molecule has 3 heteroatoms.